The van der Waals surface area contributed by atoms with Gasteiger partial charge >= 0.3 is 0 Å². The SMILES string of the molecule is CC(C)C[C@@H]1NC(=O)c2coc(n2)[C@H](Cc2ccccc2)NC(=O)CN(C(=O)c2ccc(=O)n(C)c2)CCNC(=O)c2csc1n2. The predicted molar refractivity (Wildman–Crippen MR) is 169 cm³/mol. The Hall–Kier alpha value is -5.11. The molecule has 0 unspecified atom stereocenters. The number of rotatable bonds is 5. The number of aryl methyl sites for hydroxylation is 1. The van der Waals surface area contributed by atoms with Crippen LogP contribution in [0.2, 0.25) is 0 Å². The van der Waals surface area contributed by atoms with Gasteiger partial charge in [-0.15, -0.1) is 11.3 Å². The average Bonchev–Trinajstić information content (AvgIpc) is 3.72. The third-order valence-electron chi connectivity index (χ3n) is 7.36. The minimum atomic E-state index is -0.766. The van der Waals surface area contributed by atoms with E-state index in [0.717, 1.165) is 5.56 Å². The topological polar surface area (TPSA) is 169 Å². The summed E-state index contributed by atoms with van der Waals surface area (Å²) in [5, 5.41) is 10.8. The lowest BCUT2D eigenvalue weighted by molar-refractivity contribution is -0.122. The number of oxazole rings is 1. The molecule has 0 radical (unpaired) electrons. The number of pyridine rings is 1. The molecule has 0 saturated carbocycles. The summed E-state index contributed by atoms with van der Waals surface area (Å²) in [6, 6.07) is 10.8. The molecule has 1 aliphatic heterocycles. The van der Waals surface area contributed by atoms with Gasteiger partial charge in [-0.3, -0.25) is 24.0 Å². The van der Waals surface area contributed by atoms with Gasteiger partial charge in [0.2, 0.25) is 17.4 Å². The number of thiazole rings is 1. The molecule has 2 atom stereocenters. The van der Waals surface area contributed by atoms with Crippen molar-refractivity contribution in [3.05, 3.63) is 104 Å². The molecule has 0 spiro atoms. The molecular formula is C32H35N7O6S. The average molecular weight is 646 g/mol. The van der Waals surface area contributed by atoms with Gasteiger partial charge in [-0.1, -0.05) is 44.2 Å². The van der Waals surface area contributed by atoms with Crippen LogP contribution in [-0.2, 0) is 18.3 Å². The Kier molecular flexibility index (Phi) is 10.1. The number of fused-ring (bicyclic) bond motifs is 4. The number of hydrogen-bond donors (Lipinski definition) is 3. The van der Waals surface area contributed by atoms with E-state index in [9.17, 15) is 24.0 Å². The zero-order valence-corrected chi connectivity index (χ0v) is 26.5. The van der Waals surface area contributed by atoms with Crippen molar-refractivity contribution >= 4 is 35.0 Å². The Labute approximate surface area is 269 Å². The van der Waals surface area contributed by atoms with Crippen molar-refractivity contribution in [2.24, 2.45) is 13.0 Å². The molecule has 240 valence electrons. The molecule has 5 rings (SSSR count). The van der Waals surface area contributed by atoms with Gasteiger partial charge in [0, 0.05) is 44.2 Å². The zero-order valence-electron chi connectivity index (χ0n) is 25.7. The largest absolute Gasteiger partial charge is 0.446 e. The minimum Gasteiger partial charge on any atom is -0.446 e. The van der Waals surface area contributed by atoms with Crippen LogP contribution in [0.4, 0.5) is 0 Å². The van der Waals surface area contributed by atoms with Crippen molar-refractivity contribution in [3.63, 3.8) is 0 Å². The number of carbonyl (C=O) groups is 4. The van der Waals surface area contributed by atoms with Crippen LogP contribution >= 0.6 is 11.3 Å². The highest BCUT2D eigenvalue weighted by Gasteiger charge is 2.28. The first kappa shape index (κ1) is 32.3. The van der Waals surface area contributed by atoms with Gasteiger partial charge in [-0.2, -0.15) is 0 Å². The van der Waals surface area contributed by atoms with E-state index in [1.54, 1.807) is 5.38 Å². The standard InChI is InChI=1S/C32H35N7O6S/c1-19(2)13-23-31-37-25(18-46-31)28(42)33-11-12-39(32(44)21-9-10-27(41)38(3)15-21)16-26(40)34-22(14-20-7-5-4-6-8-20)30-36-24(17-45-30)29(43)35-23/h4-10,15,17-19,22-23H,11-14,16H2,1-3H3,(H,33,42)(H,34,40)(H,35,43)/t22-,23-/m0/s1. The highest BCUT2D eigenvalue weighted by atomic mass is 32.1. The first-order chi connectivity index (χ1) is 22.1. The number of benzene rings is 1. The van der Waals surface area contributed by atoms with Crippen LogP contribution < -0.4 is 21.5 Å². The van der Waals surface area contributed by atoms with E-state index in [-0.39, 0.29) is 54.0 Å². The molecule has 0 aliphatic carbocycles. The molecular weight excluding hydrogens is 610 g/mol. The summed E-state index contributed by atoms with van der Waals surface area (Å²) in [4.78, 5) is 75.6. The number of nitrogens with one attached hydrogen (secondary N) is 3. The Morgan fingerprint density at radius 1 is 1.00 bits per heavy atom. The Morgan fingerprint density at radius 3 is 2.52 bits per heavy atom. The first-order valence-corrected chi connectivity index (χ1v) is 15.7. The number of nitrogens with zero attached hydrogens (tertiary/aromatic N) is 4. The maximum atomic E-state index is 13.6. The molecule has 4 heterocycles. The van der Waals surface area contributed by atoms with Crippen LogP contribution in [0, 0.1) is 5.92 Å². The molecule has 46 heavy (non-hydrogen) atoms. The van der Waals surface area contributed by atoms with E-state index in [1.165, 1.54) is 52.4 Å². The van der Waals surface area contributed by atoms with Crippen LogP contribution in [0.1, 0.15) is 80.1 Å². The highest BCUT2D eigenvalue weighted by Crippen LogP contribution is 2.26. The zero-order chi connectivity index (χ0) is 32.8. The van der Waals surface area contributed by atoms with Gasteiger partial charge < -0.3 is 29.8 Å². The maximum absolute atomic E-state index is 13.6. The Balaban J connectivity index is 1.49. The van der Waals surface area contributed by atoms with Crippen LogP contribution in [0.3, 0.4) is 0 Å². The fourth-order valence-electron chi connectivity index (χ4n) is 5.04. The van der Waals surface area contributed by atoms with Gasteiger partial charge in [-0.25, -0.2) is 9.97 Å². The lowest BCUT2D eigenvalue weighted by Crippen LogP contribution is -2.45. The summed E-state index contributed by atoms with van der Waals surface area (Å²) in [7, 11) is 1.53. The molecule has 3 N–H and O–H groups in total. The summed E-state index contributed by atoms with van der Waals surface area (Å²) in [6.45, 7) is 3.70. The molecule has 4 amide bonds. The summed E-state index contributed by atoms with van der Waals surface area (Å²) in [5.41, 5.74) is 0.996. The van der Waals surface area contributed by atoms with Crippen molar-refractivity contribution in [1.29, 1.82) is 0 Å². The van der Waals surface area contributed by atoms with E-state index in [1.807, 2.05) is 44.2 Å². The third-order valence-corrected chi connectivity index (χ3v) is 8.32. The van der Waals surface area contributed by atoms with E-state index in [0.29, 0.717) is 17.8 Å². The van der Waals surface area contributed by atoms with Crippen molar-refractivity contribution in [2.45, 2.75) is 38.8 Å². The summed E-state index contributed by atoms with van der Waals surface area (Å²) in [6.07, 6.45) is 3.51. The maximum Gasteiger partial charge on any atom is 0.273 e. The molecule has 4 aromatic rings. The number of aromatic nitrogens is 3. The second-order valence-corrected chi connectivity index (χ2v) is 12.3. The van der Waals surface area contributed by atoms with Crippen LogP contribution in [0.5, 0.6) is 0 Å². The summed E-state index contributed by atoms with van der Waals surface area (Å²) in [5.74, 6) is -1.63. The number of hydrogen-bond acceptors (Lipinski definition) is 9. The molecule has 0 saturated heterocycles. The quantitative estimate of drug-likeness (QED) is 0.298. The lowest BCUT2D eigenvalue weighted by Gasteiger charge is -2.24. The number of carbonyl (C=O) groups excluding carboxylic acids is 4. The second kappa shape index (κ2) is 14.3. The van der Waals surface area contributed by atoms with Crippen molar-refractivity contribution < 1.29 is 23.6 Å². The van der Waals surface area contributed by atoms with Gasteiger partial charge in [0.25, 0.3) is 17.7 Å². The fourth-order valence-corrected chi connectivity index (χ4v) is 5.91. The van der Waals surface area contributed by atoms with E-state index in [4.69, 9.17) is 4.42 Å². The molecule has 1 aromatic carbocycles. The molecule has 14 heteroatoms. The lowest BCUT2D eigenvalue weighted by atomic mass is 10.0. The van der Waals surface area contributed by atoms with Gasteiger partial charge in [0.1, 0.15) is 23.0 Å². The molecule has 1 aliphatic rings. The van der Waals surface area contributed by atoms with E-state index >= 15 is 0 Å². The summed E-state index contributed by atoms with van der Waals surface area (Å²) < 4.78 is 7.02. The van der Waals surface area contributed by atoms with Crippen molar-refractivity contribution in [1.82, 2.24) is 35.4 Å². The number of amides is 4. The summed E-state index contributed by atoms with van der Waals surface area (Å²) >= 11 is 1.26. The van der Waals surface area contributed by atoms with Crippen molar-refractivity contribution in [2.75, 3.05) is 19.6 Å². The Morgan fingerprint density at radius 2 is 1.78 bits per heavy atom. The monoisotopic (exact) mass is 645 g/mol. The van der Waals surface area contributed by atoms with Gasteiger partial charge in [0.05, 0.1) is 18.2 Å². The first-order valence-electron chi connectivity index (χ1n) is 14.9. The van der Waals surface area contributed by atoms with Gasteiger partial charge in [-0.05, 0) is 24.0 Å². The second-order valence-electron chi connectivity index (χ2n) is 11.5. The van der Waals surface area contributed by atoms with Gasteiger partial charge in [0.15, 0.2) is 5.69 Å². The normalized spacial score (nSPS) is 17.9. The molecule has 13 nitrogen and oxygen atoms in total. The molecule has 0 fully saturated rings. The van der Waals surface area contributed by atoms with Crippen LogP contribution in [0.15, 0.2) is 69.5 Å². The van der Waals surface area contributed by atoms with Crippen LogP contribution in [-0.4, -0.2) is 62.7 Å². The third kappa shape index (κ3) is 7.93. The van der Waals surface area contributed by atoms with E-state index < -0.39 is 35.7 Å². The highest BCUT2D eigenvalue weighted by molar-refractivity contribution is 7.09. The minimum absolute atomic E-state index is 0.00361. The van der Waals surface area contributed by atoms with Crippen molar-refractivity contribution in [3.8, 4) is 0 Å². The fraction of sp³-hybridized carbons (Fsp3) is 0.344. The predicted octanol–water partition coefficient (Wildman–Crippen LogP) is 2.63. The smallest absolute Gasteiger partial charge is 0.273 e. The molecule has 3 aromatic heterocycles. The van der Waals surface area contributed by atoms with E-state index in [2.05, 4.69) is 25.9 Å². The van der Waals surface area contributed by atoms with Crippen LogP contribution in [0.25, 0.3) is 0 Å². The Bertz CT molecular complexity index is 1780. The molecule has 4 bridgehead atoms.